The smallest absolute Gasteiger partial charge is 0.292 e. The van der Waals surface area contributed by atoms with Crippen molar-refractivity contribution in [3.05, 3.63) is 51.8 Å². The summed E-state index contributed by atoms with van der Waals surface area (Å²) in [5.74, 6) is 0. The molecule has 1 heterocycles. The zero-order valence-corrected chi connectivity index (χ0v) is 11.7. The largest absolute Gasteiger partial charge is 0.379 e. The summed E-state index contributed by atoms with van der Waals surface area (Å²) < 4.78 is 1.82. The van der Waals surface area contributed by atoms with Crippen LogP contribution in [0.2, 0.25) is 0 Å². The zero-order valence-electron chi connectivity index (χ0n) is 11.7. The normalized spacial score (nSPS) is 10.5. The van der Waals surface area contributed by atoms with E-state index in [9.17, 15) is 10.1 Å². The van der Waals surface area contributed by atoms with Crippen molar-refractivity contribution >= 4 is 11.4 Å². The lowest BCUT2D eigenvalue weighted by atomic mass is 10.1. The molecule has 0 bridgehead atoms. The van der Waals surface area contributed by atoms with Crippen molar-refractivity contribution in [1.29, 1.82) is 0 Å². The molecule has 0 saturated carbocycles. The van der Waals surface area contributed by atoms with Gasteiger partial charge in [-0.2, -0.15) is 5.10 Å². The predicted molar refractivity (Wildman–Crippen MR) is 77.9 cm³/mol. The standard InChI is InChI=1S/C14H18N4O2/c1-3-7-15-13-9-12(4-5-14(13)18(19)20)10-17-8-6-11(2)16-17/h4-6,8-9,15H,3,7,10H2,1-2H3. The fourth-order valence-electron chi connectivity index (χ4n) is 1.98. The van der Waals surface area contributed by atoms with E-state index in [1.165, 1.54) is 0 Å². The summed E-state index contributed by atoms with van der Waals surface area (Å²) in [7, 11) is 0. The minimum Gasteiger partial charge on any atom is -0.379 e. The van der Waals surface area contributed by atoms with Crippen LogP contribution in [0.3, 0.4) is 0 Å². The second-order valence-electron chi connectivity index (χ2n) is 4.69. The maximum Gasteiger partial charge on any atom is 0.292 e. The second kappa shape index (κ2) is 6.18. The molecule has 2 aromatic rings. The van der Waals surface area contributed by atoms with Crippen LogP contribution in [-0.2, 0) is 6.54 Å². The summed E-state index contributed by atoms with van der Waals surface area (Å²) in [6.07, 6.45) is 2.82. The van der Waals surface area contributed by atoms with Gasteiger partial charge in [-0.3, -0.25) is 14.8 Å². The topological polar surface area (TPSA) is 73.0 Å². The van der Waals surface area contributed by atoms with Crippen LogP contribution in [0.5, 0.6) is 0 Å². The van der Waals surface area contributed by atoms with Gasteiger partial charge in [0.15, 0.2) is 0 Å². The van der Waals surface area contributed by atoms with Gasteiger partial charge in [0.1, 0.15) is 5.69 Å². The van der Waals surface area contributed by atoms with Crippen LogP contribution in [0.25, 0.3) is 0 Å². The molecule has 0 fully saturated rings. The molecule has 0 amide bonds. The monoisotopic (exact) mass is 274 g/mol. The number of benzene rings is 1. The molecular weight excluding hydrogens is 256 g/mol. The molecule has 6 heteroatoms. The van der Waals surface area contributed by atoms with Gasteiger partial charge in [0.2, 0.25) is 0 Å². The Hall–Kier alpha value is -2.37. The second-order valence-corrected chi connectivity index (χ2v) is 4.69. The first kappa shape index (κ1) is 14.0. The van der Waals surface area contributed by atoms with Crippen molar-refractivity contribution in [2.24, 2.45) is 0 Å². The number of aromatic nitrogens is 2. The molecule has 6 nitrogen and oxygen atoms in total. The predicted octanol–water partition coefficient (Wildman–Crippen LogP) is 2.97. The van der Waals surface area contributed by atoms with E-state index in [4.69, 9.17) is 0 Å². The SMILES string of the molecule is CCCNc1cc(Cn2ccc(C)n2)ccc1[N+](=O)[O-]. The molecule has 20 heavy (non-hydrogen) atoms. The van der Waals surface area contributed by atoms with Crippen molar-refractivity contribution in [2.75, 3.05) is 11.9 Å². The van der Waals surface area contributed by atoms with E-state index in [-0.39, 0.29) is 10.6 Å². The van der Waals surface area contributed by atoms with Crippen LogP contribution in [0, 0.1) is 17.0 Å². The first-order valence-corrected chi connectivity index (χ1v) is 6.61. The molecular formula is C14H18N4O2. The lowest BCUT2D eigenvalue weighted by Gasteiger charge is -2.08. The zero-order chi connectivity index (χ0) is 14.5. The summed E-state index contributed by atoms with van der Waals surface area (Å²) >= 11 is 0. The lowest BCUT2D eigenvalue weighted by Crippen LogP contribution is -2.06. The number of aryl methyl sites for hydroxylation is 1. The molecule has 0 radical (unpaired) electrons. The van der Waals surface area contributed by atoms with Crippen molar-refractivity contribution in [2.45, 2.75) is 26.8 Å². The average Bonchev–Trinajstić information content (AvgIpc) is 2.81. The molecule has 0 unspecified atom stereocenters. The Labute approximate surface area is 117 Å². The minimum atomic E-state index is -0.361. The van der Waals surface area contributed by atoms with Gasteiger partial charge in [-0.1, -0.05) is 13.0 Å². The Bertz CT molecular complexity index is 607. The van der Waals surface area contributed by atoms with Gasteiger partial charge in [-0.05, 0) is 31.0 Å². The van der Waals surface area contributed by atoms with Gasteiger partial charge in [-0.25, -0.2) is 0 Å². The first-order valence-electron chi connectivity index (χ1n) is 6.61. The summed E-state index contributed by atoms with van der Waals surface area (Å²) in [6.45, 7) is 5.27. The fourth-order valence-corrected chi connectivity index (χ4v) is 1.98. The summed E-state index contributed by atoms with van der Waals surface area (Å²) in [4.78, 5) is 10.6. The fraction of sp³-hybridized carbons (Fsp3) is 0.357. The quantitative estimate of drug-likeness (QED) is 0.649. The Morgan fingerprint density at radius 3 is 2.80 bits per heavy atom. The molecule has 2 rings (SSSR count). The molecule has 1 aromatic carbocycles. The first-order chi connectivity index (χ1) is 9.60. The van der Waals surface area contributed by atoms with E-state index in [0.29, 0.717) is 18.8 Å². The van der Waals surface area contributed by atoms with Gasteiger partial charge in [0, 0.05) is 18.8 Å². The lowest BCUT2D eigenvalue weighted by molar-refractivity contribution is -0.384. The van der Waals surface area contributed by atoms with E-state index in [0.717, 1.165) is 17.7 Å². The highest BCUT2D eigenvalue weighted by atomic mass is 16.6. The number of nitro groups is 1. The number of rotatable bonds is 6. The Morgan fingerprint density at radius 2 is 2.20 bits per heavy atom. The number of hydrogen-bond donors (Lipinski definition) is 1. The molecule has 0 atom stereocenters. The number of nitrogens with zero attached hydrogens (tertiary/aromatic N) is 3. The number of nitro benzene ring substituents is 1. The third-order valence-electron chi connectivity index (χ3n) is 2.94. The molecule has 0 saturated heterocycles. The average molecular weight is 274 g/mol. The van der Waals surface area contributed by atoms with Gasteiger partial charge < -0.3 is 5.32 Å². The van der Waals surface area contributed by atoms with Crippen LogP contribution in [-0.4, -0.2) is 21.2 Å². The van der Waals surface area contributed by atoms with Crippen LogP contribution >= 0.6 is 0 Å². The summed E-state index contributed by atoms with van der Waals surface area (Å²) in [5.41, 5.74) is 2.62. The van der Waals surface area contributed by atoms with Crippen molar-refractivity contribution in [3.63, 3.8) is 0 Å². The van der Waals surface area contributed by atoms with Gasteiger partial charge in [0.25, 0.3) is 5.69 Å². The van der Waals surface area contributed by atoms with Crippen LogP contribution < -0.4 is 5.32 Å². The third kappa shape index (κ3) is 3.34. The van der Waals surface area contributed by atoms with Crippen LogP contribution in [0.1, 0.15) is 24.6 Å². The maximum atomic E-state index is 11.0. The number of hydrogen-bond acceptors (Lipinski definition) is 4. The van der Waals surface area contributed by atoms with Gasteiger partial charge in [0.05, 0.1) is 17.2 Å². The number of nitrogens with one attached hydrogen (secondary N) is 1. The molecule has 1 N–H and O–H groups in total. The Kier molecular flexibility index (Phi) is 4.34. The van der Waals surface area contributed by atoms with Crippen LogP contribution in [0.4, 0.5) is 11.4 Å². The Balaban J connectivity index is 2.24. The molecule has 0 aliphatic heterocycles. The minimum absolute atomic E-state index is 0.110. The van der Waals surface area contributed by atoms with Crippen molar-refractivity contribution < 1.29 is 4.92 Å². The number of anilines is 1. The highest BCUT2D eigenvalue weighted by Gasteiger charge is 2.13. The molecule has 0 aliphatic rings. The van der Waals surface area contributed by atoms with E-state index in [1.54, 1.807) is 12.1 Å². The summed E-state index contributed by atoms with van der Waals surface area (Å²) in [6, 6.07) is 7.07. The molecule has 0 spiro atoms. The molecule has 0 aliphatic carbocycles. The maximum absolute atomic E-state index is 11.0. The van der Waals surface area contributed by atoms with E-state index in [2.05, 4.69) is 10.4 Å². The molecule has 106 valence electrons. The highest BCUT2D eigenvalue weighted by molar-refractivity contribution is 5.62. The van der Waals surface area contributed by atoms with Gasteiger partial charge >= 0.3 is 0 Å². The van der Waals surface area contributed by atoms with Crippen molar-refractivity contribution in [3.8, 4) is 0 Å². The summed E-state index contributed by atoms with van der Waals surface area (Å²) in [5, 5.41) is 18.4. The third-order valence-corrected chi connectivity index (χ3v) is 2.94. The van der Waals surface area contributed by atoms with E-state index < -0.39 is 0 Å². The van der Waals surface area contributed by atoms with E-state index >= 15 is 0 Å². The van der Waals surface area contributed by atoms with E-state index in [1.807, 2.05) is 36.9 Å². The van der Waals surface area contributed by atoms with Crippen molar-refractivity contribution in [1.82, 2.24) is 9.78 Å². The molecule has 1 aromatic heterocycles. The highest BCUT2D eigenvalue weighted by Crippen LogP contribution is 2.25. The van der Waals surface area contributed by atoms with Gasteiger partial charge in [-0.15, -0.1) is 0 Å². The van der Waals surface area contributed by atoms with Crippen LogP contribution in [0.15, 0.2) is 30.5 Å². The Morgan fingerprint density at radius 1 is 1.40 bits per heavy atom.